The Kier molecular flexibility index (Phi) is 3.46. The molecule has 0 saturated carbocycles. The van der Waals surface area contributed by atoms with E-state index >= 15 is 0 Å². The first kappa shape index (κ1) is 13.5. The Morgan fingerprint density at radius 2 is 1.90 bits per heavy atom. The largest absolute Gasteiger partial charge is 0.484 e. The summed E-state index contributed by atoms with van der Waals surface area (Å²) >= 11 is 0. The number of rotatable bonds is 3. The number of hydrogen-bond donors (Lipinski definition) is 1. The summed E-state index contributed by atoms with van der Waals surface area (Å²) < 4.78 is 40.9. The van der Waals surface area contributed by atoms with Gasteiger partial charge >= 0.3 is 6.18 Å². The van der Waals surface area contributed by atoms with Crippen LogP contribution in [-0.2, 0) is 0 Å². The zero-order valence-electron chi connectivity index (χ0n) is 10.9. The molecule has 2 atom stereocenters. The zero-order chi connectivity index (χ0) is 14.2. The highest BCUT2D eigenvalue weighted by molar-refractivity contribution is 5.68. The topological polar surface area (TPSA) is 21.3 Å². The highest BCUT2D eigenvalue weighted by Gasteiger charge is 2.29. The van der Waals surface area contributed by atoms with Crippen molar-refractivity contribution in [2.24, 2.45) is 0 Å². The van der Waals surface area contributed by atoms with Gasteiger partial charge in [-0.05, 0) is 42.5 Å². The van der Waals surface area contributed by atoms with Gasteiger partial charge in [-0.1, -0.05) is 18.2 Å². The monoisotopic (exact) mass is 283 g/mol. The predicted molar refractivity (Wildman–Crippen MR) is 70.5 cm³/mol. The van der Waals surface area contributed by atoms with Crippen LogP contribution in [0.5, 0.6) is 5.75 Å². The number of nitrogens with one attached hydrogen (secondary N) is 1. The zero-order valence-corrected chi connectivity index (χ0v) is 10.9. The molecule has 2 nitrogen and oxygen atoms in total. The van der Waals surface area contributed by atoms with Gasteiger partial charge in [0.1, 0.15) is 5.75 Å². The average molecular weight is 283 g/mol. The Hall–Kier alpha value is -1.49. The van der Waals surface area contributed by atoms with Crippen LogP contribution in [0.2, 0.25) is 0 Å². The molecule has 0 amide bonds. The van der Waals surface area contributed by atoms with Gasteiger partial charge in [0, 0.05) is 12.1 Å². The number of ether oxygens (including phenoxy) is 1. The van der Waals surface area contributed by atoms with E-state index in [9.17, 15) is 13.2 Å². The minimum Gasteiger partial charge on any atom is -0.484 e. The first-order valence-electron chi connectivity index (χ1n) is 6.76. The highest BCUT2D eigenvalue weighted by atomic mass is 19.4. The summed E-state index contributed by atoms with van der Waals surface area (Å²) in [7, 11) is 0. The molecule has 1 N–H and O–H groups in total. The summed E-state index contributed by atoms with van der Waals surface area (Å²) in [5.74, 6) is 0.253. The minimum atomic E-state index is -4.30. The summed E-state index contributed by atoms with van der Waals surface area (Å²) in [5, 5.41) is 3.51. The fourth-order valence-corrected chi connectivity index (χ4v) is 2.86. The van der Waals surface area contributed by atoms with Gasteiger partial charge in [-0.25, -0.2) is 0 Å². The van der Waals surface area contributed by atoms with Crippen LogP contribution in [0.3, 0.4) is 0 Å². The van der Waals surface area contributed by atoms with Gasteiger partial charge in [-0.2, -0.15) is 13.2 Å². The molecule has 0 radical (unpaired) electrons. The Morgan fingerprint density at radius 3 is 2.55 bits per heavy atom. The molecule has 0 aliphatic carbocycles. The van der Waals surface area contributed by atoms with Crippen LogP contribution in [0.25, 0.3) is 5.57 Å². The molecule has 1 aromatic carbocycles. The summed E-state index contributed by atoms with van der Waals surface area (Å²) in [5.41, 5.74) is 2.35. The van der Waals surface area contributed by atoms with E-state index in [2.05, 4.69) is 11.4 Å². The van der Waals surface area contributed by atoms with Crippen molar-refractivity contribution in [2.45, 2.75) is 37.5 Å². The van der Waals surface area contributed by atoms with E-state index in [0.717, 1.165) is 12.0 Å². The van der Waals surface area contributed by atoms with Gasteiger partial charge < -0.3 is 10.1 Å². The van der Waals surface area contributed by atoms with Crippen LogP contribution >= 0.6 is 0 Å². The van der Waals surface area contributed by atoms with E-state index in [0.29, 0.717) is 12.1 Å². The van der Waals surface area contributed by atoms with Crippen LogP contribution < -0.4 is 10.1 Å². The van der Waals surface area contributed by atoms with Crippen LogP contribution in [0, 0.1) is 0 Å². The van der Waals surface area contributed by atoms with Gasteiger partial charge in [0.15, 0.2) is 6.61 Å². The number of hydrogen-bond acceptors (Lipinski definition) is 2. The lowest BCUT2D eigenvalue weighted by molar-refractivity contribution is -0.153. The second kappa shape index (κ2) is 5.13. The normalized spacial score (nSPS) is 25.4. The summed E-state index contributed by atoms with van der Waals surface area (Å²) in [6, 6.07) is 7.87. The number of halogens is 3. The molecule has 20 heavy (non-hydrogen) atoms. The fourth-order valence-electron chi connectivity index (χ4n) is 2.86. The molecule has 2 aliphatic rings. The molecule has 0 spiro atoms. The second-order valence-corrected chi connectivity index (χ2v) is 5.37. The molecule has 1 aromatic rings. The maximum atomic E-state index is 12.1. The van der Waals surface area contributed by atoms with Crippen molar-refractivity contribution in [1.29, 1.82) is 0 Å². The molecule has 3 rings (SSSR count). The summed E-state index contributed by atoms with van der Waals surface area (Å²) in [4.78, 5) is 0. The standard InChI is InChI=1S/C15H16F3NO/c16-15(17,18)9-20-14-5-1-10(2-6-14)11-7-12-3-4-13(8-11)19-12/h1-2,5-7,12-13,19H,3-4,8-9H2. The lowest BCUT2D eigenvalue weighted by atomic mass is 9.96. The molecule has 0 aromatic heterocycles. The molecular formula is C15H16F3NO. The highest BCUT2D eigenvalue weighted by Crippen LogP contribution is 2.32. The van der Waals surface area contributed by atoms with Crippen molar-refractivity contribution < 1.29 is 17.9 Å². The summed E-state index contributed by atoms with van der Waals surface area (Å²) in [6.07, 6.45) is 1.28. The van der Waals surface area contributed by atoms with Crippen molar-refractivity contribution in [3.8, 4) is 5.75 Å². The van der Waals surface area contributed by atoms with Gasteiger partial charge in [-0.15, -0.1) is 0 Å². The quantitative estimate of drug-likeness (QED) is 0.916. The number of fused-ring (bicyclic) bond motifs is 2. The van der Waals surface area contributed by atoms with Crippen molar-refractivity contribution >= 4 is 5.57 Å². The van der Waals surface area contributed by atoms with Gasteiger partial charge in [0.25, 0.3) is 0 Å². The van der Waals surface area contributed by atoms with Gasteiger partial charge in [0.05, 0.1) is 0 Å². The molecule has 2 bridgehead atoms. The molecular weight excluding hydrogens is 267 g/mol. The van der Waals surface area contributed by atoms with Gasteiger partial charge in [-0.3, -0.25) is 0 Å². The Morgan fingerprint density at radius 1 is 1.15 bits per heavy atom. The SMILES string of the molecule is FC(F)(F)COc1ccc(C2=CC3CCC(C2)N3)cc1. The fraction of sp³-hybridized carbons (Fsp3) is 0.467. The Balaban J connectivity index is 1.67. The van der Waals surface area contributed by atoms with E-state index in [4.69, 9.17) is 4.74 Å². The Labute approximate surface area is 115 Å². The van der Waals surface area contributed by atoms with Crippen LogP contribution in [-0.4, -0.2) is 24.9 Å². The van der Waals surface area contributed by atoms with E-state index in [-0.39, 0.29) is 5.75 Å². The van der Waals surface area contributed by atoms with Crippen LogP contribution in [0.15, 0.2) is 30.3 Å². The molecule has 108 valence electrons. The molecule has 5 heteroatoms. The molecule has 1 fully saturated rings. The number of benzene rings is 1. The molecule has 1 saturated heterocycles. The summed E-state index contributed by atoms with van der Waals surface area (Å²) in [6.45, 7) is -1.25. The van der Waals surface area contributed by atoms with Crippen LogP contribution in [0.4, 0.5) is 13.2 Å². The van der Waals surface area contributed by atoms with Crippen molar-refractivity contribution in [3.63, 3.8) is 0 Å². The average Bonchev–Trinajstić information content (AvgIpc) is 2.75. The second-order valence-electron chi connectivity index (χ2n) is 5.37. The first-order chi connectivity index (χ1) is 9.49. The van der Waals surface area contributed by atoms with E-state index in [1.54, 1.807) is 12.1 Å². The van der Waals surface area contributed by atoms with Crippen molar-refractivity contribution in [2.75, 3.05) is 6.61 Å². The molecule has 2 heterocycles. The van der Waals surface area contributed by atoms with Crippen molar-refractivity contribution in [1.82, 2.24) is 5.32 Å². The minimum absolute atomic E-state index is 0.253. The first-order valence-corrected chi connectivity index (χ1v) is 6.76. The third-order valence-electron chi connectivity index (χ3n) is 3.77. The van der Waals surface area contributed by atoms with Crippen molar-refractivity contribution in [3.05, 3.63) is 35.9 Å². The van der Waals surface area contributed by atoms with Crippen LogP contribution in [0.1, 0.15) is 24.8 Å². The van der Waals surface area contributed by atoms with E-state index in [1.807, 2.05) is 12.1 Å². The maximum Gasteiger partial charge on any atom is 0.422 e. The van der Waals surface area contributed by atoms with E-state index in [1.165, 1.54) is 18.4 Å². The van der Waals surface area contributed by atoms with Gasteiger partial charge in [0.2, 0.25) is 0 Å². The van der Waals surface area contributed by atoms with E-state index < -0.39 is 12.8 Å². The lowest BCUT2D eigenvalue weighted by Crippen LogP contribution is -2.31. The lowest BCUT2D eigenvalue weighted by Gasteiger charge is -2.21. The molecule has 2 aliphatic heterocycles. The number of alkyl halides is 3. The molecule has 2 unspecified atom stereocenters. The smallest absolute Gasteiger partial charge is 0.422 e. The third kappa shape index (κ3) is 3.15. The Bertz CT molecular complexity index is 507. The predicted octanol–water partition coefficient (Wildman–Crippen LogP) is 3.54. The maximum absolute atomic E-state index is 12.1. The third-order valence-corrected chi connectivity index (χ3v) is 3.77.